The third-order valence-electron chi connectivity index (χ3n) is 3.35. The van der Waals surface area contributed by atoms with Crippen LogP contribution >= 0.6 is 11.6 Å². The molecule has 1 N–H and O–H groups in total. The van der Waals surface area contributed by atoms with Crippen molar-refractivity contribution in [3.8, 4) is 5.75 Å². The van der Waals surface area contributed by atoms with E-state index >= 15 is 0 Å². The summed E-state index contributed by atoms with van der Waals surface area (Å²) >= 11 is 6.00. The molecule has 0 bridgehead atoms. The summed E-state index contributed by atoms with van der Waals surface area (Å²) in [4.78, 5) is 25.2. The number of nitrogens with one attached hydrogen (secondary N) is 1. The maximum Gasteiger partial charge on any atom is 0.260 e. The van der Waals surface area contributed by atoms with Gasteiger partial charge in [-0.2, -0.15) is 0 Å². The van der Waals surface area contributed by atoms with Gasteiger partial charge in [-0.05, 0) is 42.8 Å². The van der Waals surface area contributed by atoms with Gasteiger partial charge in [-0.25, -0.2) is 4.39 Å². The van der Waals surface area contributed by atoms with Gasteiger partial charge in [0.25, 0.3) is 5.91 Å². The average Bonchev–Trinajstić information content (AvgIpc) is 2.55. The largest absolute Gasteiger partial charge is 0.482 e. The van der Waals surface area contributed by atoms with Crippen molar-refractivity contribution in [1.82, 2.24) is 4.90 Å². The van der Waals surface area contributed by atoms with Crippen LogP contribution in [0.15, 0.2) is 42.5 Å². The number of hydrogen-bond donors (Lipinski definition) is 1. The van der Waals surface area contributed by atoms with Crippen LogP contribution in [0.25, 0.3) is 0 Å². The van der Waals surface area contributed by atoms with Gasteiger partial charge >= 0.3 is 0 Å². The first-order valence-corrected chi connectivity index (χ1v) is 7.91. The zero-order valence-electron chi connectivity index (χ0n) is 13.9. The van der Waals surface area contributed by atoms with Gasteiger partial charge in [-0.3, -0.25) is 9.59 Å². The molecular weight excluding hydrogens is 347 g/mol. The monoisotopic (exact) mass is 364 g/mol. The summed E-state index contributed by atoms with van der Waals surface area (Å²) < 4.78 is 18.5. The molecule has 132 valence electrons. The van der Waals surface area contributed by atoms with Crippen molar-refractivity contribution in [2.24, 2.45) is 0 Å². The molecular formula is C18H18ClFN2O3. The second-order valence-electron chi connectivity index (χ2n) is 5.53. The zero-order chi connectivity index (χ0) is 18.4. The van der Waals surface area contributed by atoms with E-state index in [1.165, 1.54) is 30.1 Å². The Morgan fingerprint density at radius 2 is 2.00 bits per heavy atom. The Morgan fingerprint density at radius 3 is 2.72 bits per heavy atom. The lowest BCUT2D eigenvalue weighted by atomic mass is 10.2. The van der Waals surface area contributed by atoms with Crippen molar-refractivity contribution in [1.29, 1.82) is 0 Å². The van der Waals surface area contributed by atoms with Crippen LogP contribution in [0.3, 0.4) is 0 Å². The van der Waals surface area contributed by atoms with Gasteiger partial charge in [-0.15, -0.1) is 0 Å². The highest BCUT2D eigenvalue weighted by atomic mass is 35.5. The van der Waals surface area contributed by atoms with Crippen molar-refractivity contribution < 1.29 is 18.7 Å². The number of hydrogen-bond acceptors (Lipinski definition) is 3. The molecule has 0 unspecified atom stereocenters. The van der Waals surface area contributed by atoms with E-state index in [9.17, 15) is 14.0 Å². The second kappa shape index (κ2) is 8.48. The minimum absolute atomic E-state index is 0.180. The van der Waals surface area contributed by atoms with Crippen LogP contribution in [0.5, 0.6) is 5.75 Å². The number of anilines is 1. The van der Waals surface area contributed by atoms with E-state index in [-0.39, 0.29) is 19.1 Å². The van der Waals surface area contributed by atoms with Crippen LogP contribution in [-0.2, 0) is 9.59 Å². The summed E-state index contributed by atoms with van der Waals surface area (Å²) in [5, 5.41) is 2.93. The Balaban J connectivity index is 1.85. The minimum Gasteiger partial charge on any atom is -0.482 e. The van der Waals surface area contributed by atoms with Crippen molar-refractivity contribution in [3.05, 3.63) is 58.9 Å². The fourth-order valence-electron chi connectivity index (χ4n) is 2.04. The normalized spacial score (nSPS) is 10.2. The Morgan fingerprint density at radius 1 is 1.24 bits per heavy atom. The van der Waals surface area contributed by atoms with Crippen molar-refractivity contribution in [3.63, 3.8) is 0 Å². The lowest BCUT2D eigenvalue weighted by Crippen LogP contribution is -2.37. The van der Waals surface area contributed by atoms with E-state index in [0.29, 0.717) is 16.5 Å². The van der Waals surface area contributed by atoms with E-state index in [2.05, 4.69) is 5.32 Å². The third kappa shape index (κ3) is 5.76. The molecule has 25 heavy (non-hydrogen) atoms. The zero-order valence-corrected chi connectivity index (χ0v) is 14.6. The standard InChI is InChI=1S/C18H18ClFN2O3/c1-12-6-7-15(19)16(8-12)25-11-18(24)22(2)10-17(23)21-14-5-3-4-13(20)9-14/h3-9H,10-11H2,1-2H3,(H,21,23). The first-order valence-electron chi connectivity index (χ1n) is 7.53. The number of carbonyl (C=O) groups is 2. The molecule has 2 aromatic rings. The molecule has 2 aromatic carbocycles. The van der Waals surface area contributed by atoms with Gasteiger partial charge in [0, 0.05) is 12.7 Å². The van der Waals surface area contributed by atoms with Gasteiger partial charge in [0.2, 0.25) is 5.91 Å². The first-order chi connectivity index (χ1) is 11.8. The molecule has 0 atom stereocenters. The fraction of sp³-hybridized carbons (Fsp3) is 0.222. The lowest BCUT2D eigenvalue weighted by molar-refractivity contribution is -0.135. The van der Waals surface area contributed by atoms with Crippen LogP contribution in [0.2, 0.25) is 5.02 Å². The number of rotatable bonds is 6. The SMILES string of the molecule is Cc1ccc(Cl)c(OCC(=O)N(C)CC(=O)Nc2cccc(F)c2)c1. The minimum atomic E-state index is -0.453. The summed E-state index contributed by atoms with van der Waals surface area (Å²) in [6.07, 6.45) is 0. The highest BCUT2D eigenvalue weighted by molar-refractivity contribution is 6.32. The fourth-order valence-corrected chi connectivity index (χ4v) is 2.21. The van der Waals surface area contributed by atoms with Gasteiger partial charge in [0.05, 0.1) is 11.6 Å². The number of ether oxygens (including phenoxy) is 1. The van der Waals surface area contributed by atoms with Crippen LogP contribution in [0, 0.1) is 12.7 Å². The number of carbonyl (C=O) groups excluding carboxylic acids is 2. The molecule has 5 nitrogen and oxygen atoms in total. The summed E-state index contributed by atoms with van der Waals surface area (Å²) in [5.74, 6) is -0.861. The smallest absolute Gasteiger partial charge is 0.260 e. The highest BCUT2D eigenvalue weighted by Gasteiger charge is 2.14. The molecule has 0 saturated carbocycles. The topological polar surface area (TPSA) is 58.6 Å². The molecule has 0 radical (unpaired) electrons. The summed E-state index contributed by atoms with van der Waals surface area (Å²) in [6.45, 7) is 1.46. The van der Waals surface area contributed by atoms with E-state index in [1.54, 1.807) is 18.2 Å². The second-order valence-corrected chi connectivity index (χ2v) is 5.94. The number of amides is 2. The van der Waals surface area contributed by atoms with Gasteiger partial charge in [0.15, 0.2) is 6.61 Å². The Kier molecular flexibility index (Phi) is 6.36. The molecule has 0 spiro atoms. The van der Waals surface area contributed by atoms with E-state index in [4.69, 9.17) is 16.3 Å². The van der Waals surface area contributed by atoms with Crippen molar-refractivity contribution in [2.45, 2.75) is 6.92 Å². The van der Waals surface area contributed by atoms with E-state index < -0.39 is 11.7 Å². The van der Waals surface area contributed by atoms with Crippen LogP contribution < -0.4 is 10.1 Å². The average molecular weight is 365 g/mol. The molecule has 0 aliphatic rings. The van der Waals surface area contributed by atoms with E-state index in [0.717, 1.165) is 5.56 Å². The summed E-state index contributed by atoms with van der Waals surface area (Å²) in [7, 11) is 1.48. The predicted octanol–water partition coefficient (Wildman–Crippen LogP) is 3.26. The highest BCUT2D eigenvalue weighted by Crippen LogP contribution is 2.25. The van der Waals surface area contributed by atoms with Gasteiger partial charge in [0.1, 0.15) is 11.6 Å². The van der Waals surface area contributed by atoms with Crippen LogP contribution in [-0.4, -0.2) is 36.9 Å². The van der Waals surface area contributed by atoms with Crippen LogP contribution in [0.4, 0.5) is 10.1 Å². The molecule has 0 aromatic heterocycles. The maximum absolute atomic E-state index is 13.1. The molecule has 0 aliphatic carbocycles. The summed E-state index contributed by atoms with van der Waals surface area (Å²) in [6, 6.07) is 10.8. The van der Waals surface area contributed by atoms with Gasteiger partial charge < -0.3 is 15.0 Å². The molecule has 2 amide bonds. The Labute approximate surface area is 150 Å². The third-order valence-corrected chi connectivity index (χ3v) is 3.67. The predicted molar refractivity (Wildman–Crippen MR) is 94.4 cm³/mol. The van der Waals surface area contributed by atoms with Gasteiger partial charge in [-0.1, -0.05) is 23.7 Å². The Hall–Kier alpha value is -2.60. The molecule has 0 aliphatic heterocycles. The summed E-state index contributed by atoms with van der Waals surface area (Å²) in [5.41, 5.74) is 1.28. The number of halogens is 2. The molecule has 2 rings (SSSR count). The van der Waals surface area contributed by atoms with Crippen molar-refractivity contribution in [2.75, 3.05) is 25.5 Å². The number of likely N-dealkylation sites (N-methyl/N-ethyl adjacent to an activating group) is 1. The lowest BCUT2D eigenvalue weighted by Gasteiger charge is -2.17. The molecule has 7 heteroatoms. The first kappa shape index (κ1) is 18.7. The number of aryl methyl sites for hydroxylation is 1. The quantitative estimate of drug-likeness (QED) is 0.855. The number of nitrogens with zero attached hydrogens (tertiary/aromatic N) is 1. The maximum atomic E-state index is 13.1. The Bertz CT molecular complexity index is 783. The number of benzene rings is 2. The molecule has 0 saturated heterocycles. The van der Waals surface area contributed by atoms with E-state index in [1.807, 2.05) is 13.0 Å². The van der Waals surface area contributed by atoms with Crippen LogP contribution in [0.1, 0.15) is 5.56 Å². The molecule has 0 heterocycles. The molecule has 0 fully saturated rings. The van der Waals surface area contributed by atoms with Crippen molar-refractivity contribution >= 4 is 29.1 Å².